The number of unbranched alkanes of at least 4 members (excludes halogenated alkanes) is 1. The van der Waals surface area contributed by atoms with Crippen molar-refractivity contribution in [2.24, 2.45) is 11.5 Å². The number of carbonyl (C=O) groups is 4. The molecule has 0 spiro atoms. The van der Waals surface area contributed by atoms with Gasteiger partial charge < -0.3 is 31.4 Å². The van der Waals surface area contributed by atoms with Crippen LogP contribution < -0.4 is 16.8 Å². The molecule has 10 nitrogen and oxygen atoms in total. The van der Waals surface area contributed by atoms with E-state index >= 15 is 0 Å². The van der Waals surface area contributed by atoms with Gasteiger partial charge in [-0.05, 0) is 73.8 Å². The van der Waals surface area contributed by atoms with Crippen molar-refractivity contribution in [2.75, 3.05) is 6.54 Å². The number of nitrogens with two attached hydrogens (primary N) is 2. The molecule has 0 aliphatic rings. The lowest BCUT2D eigenvalue weighted by molar-refractivity contribution is -0.162. The third kappa shape index (κ3) is 10.5. The molecule has 0 aromatic heterocycles. The number of hydrogen-bond acceptors (Lipinski definition) is 8. The van der Waals surface area contributed by atoms with Gasteiger partial charge in [-0.1, -0.05) is 0 Å². The minimum Gasteiger partial charge on any atom is -0.479 e. The van der Waals surface area contributed by atoms with Crippen molar-refractivity contribution in [3.63, 3.8) is 0 Å². The first-order chi connectivity index (χ1) is 13.5. The summed E-state index contributed by atoms with van der Waals surface area (Å²) in [5, 5.41) is 11.8. The summed E-state index contributed by atoms with van der Waals surface area (Å²) < 4.78 is 10.5. The van der Waals surface area contributed by atoms with Crippen LogP contribution in [0.4, 0.5) is 0 Å². The highest BCUT2D eigenvalue weighted by atomic mass is 16.6. The summed E-state index contributed by atoms with van der Waals surface area (Å²) in [6.45, 7) is 10.4. The third-order valence-corrected chi connectivity index (χ3v) is 3.87. The largest absolute Gasteiger partial charge is 0.479 e. The Morgan fingerprint density at radius 1 is 0.967 bits per heavy atom. The van der Waals surface area contributed by atoms with Gasteiger partial charge in [0, 0.05) is 6.42 Å². The zero-order valence-electron chi connectivity index (χ0n) is 18.9. The second kappa shape index (κ2) is 11.3. The number of amides is 1. The Labute approximate surface area is 178 Å². The van der Waals surface area contributed by atoms with Crippen molar-refractivity contribution >= 4 is 23.8 Å². The Kier molecular flexibility index (Phi) is 10.4. The van der Waals surface area contributed by atoms with Gasteiger partial charge in [0.25, 0.3) is 5.91 Å². The quantitative estimate of drug-likeness (QED) is 0.210. The molecular weight excluding hydrogens is 394 g/mol. The molecule has 6 N–H and O–H groups in total. The standard InChI is InChI=1S/C20H37N3O7/c1-18(2,3)29-14(24)10-9-13(15(25)30-19(4,5)6)23-16(26)20(22,17(27)28)11-7-8-12-21/h13H,7-12,21-22H2,1-6H3,(H,23,26)(H,27,28)/t13-,20+/m0/s1. The van der Waals surface area contributed by atoms with E-state index in [1.807, 2.05) is 0 Å². The van der Waals surface area contributed by atoms with Gasteiger partial charge in [-0.3, -0.25) is 9.59 Å². The first-order valence-electron chi connectivity index (χ1n) is 10.00. The number of carbonyl (C=O) groups excluding carboxylic acids is 3. The average molecular weight is 432 g/mol. The van der Waals surface area contributed by atoms with Crippen molar-refractivity contribution in [3.8, 4) is 0 Å². The summed E-state index contributed by atoms with van der Waals surface area (Å²) in [6.07, 6.45) is 0.348. The van der Waals surface area contributed by atoms with Gasteiger partial charge in [0.05, 0.1) is 0 Å². The monoisotopic (exact) mass is 431 g/mol. The molecule has 0 saturated heterocycles. The minimum absolute atomic E-state index is 0.131. The molecule has 1 amide bonds. The van der Waals surface area contributed by atoms with E-state index in [9.17, 15) is 24.3 Å². The predicted molar refractivity (Wildman–Crippen MR) is 110 cm³/mol. The van der Waals surface area contributed by atoms with Crippen molar-refractivity contribution < 1.29 is 33.8 Å². The summed E-state index contributed by atoms with van der Waals surface area (Å²) in [6, 6.07) is -1.26. The van der Waals surface area contributed by atoms with Gasteiger partial charge in [-0.15, -0.1) is 0 Å². The Morgan fingerprint density at radius 3 is 1.93 bits per heavy atom. The van der Waals surface area contributed by atoms with E-state index in [1.165, 1.54) is 0 Å². The molecule has 0 rings (SSSR count). The van der Waals surface area contributed by atoms with Crippen LogP contribution in [0.1, 0.15) is 73.6 Å². The van der Waals surface area contributed by atoms with Gasteiger partial charge in [-0.25, -0.2) is 9.59 Å². The second-order valence-electron chi connectivity index (χ2n) is 9.21. The minimum atomic E-state index is -2.23. The van der Waals surface area contributed by atoms with Crippen molar-refractivity contribution in [1.29, 1.82) is 0 Å². The van der Waals surface area contributed by atoms with Gasteiger partial charge in [0.2, 0.25) is 0 Å². The van der Waals surface area contributed by atoms with Crippen LogP contribution in [0.15, 0.2) is 0 Å². The SMILES string of the molecule is CC(C)(C)OC(=O)CC[C@H](NC(=O)[C@](N)(CCCCN)C(=O)O)C(=O)OC(C)(C)C. The number of hydrogen-bond donors (Lipinski definition) is 4. The Morgan fingerprint density at radius 2 is 1.50 bits per heavy atom. The molecule has 10 heteroatoms. The van der Waals surface area contributed by atoms with Gasteiger partial charge >= 0.3 is 17.9 Å². The number of ether oxygens (including phenoxy) is 2. The summed E-state index contributed by atoms with van der Waals surface area (Å²) in [5.74, 6) is -3.92. The number of aliphatic carboxylic acids is 1. The Hall–Kier alpha value is -2.20. The first kappa shape index (κ1) is 27.8. The molecule has 0 bridgehead atoms. The zero-order valence-corrected chi connectivity index (χ0v) is 18.9. The molecule has 0 aliphatic carbocycles. The maximum Gasteiger partial charge on any atom is 0.333 e. The number of carboxylic acids is 1. The molecule has 0 aromatic carbocycles. The molecule has 0 aromatic rings. The molecule has 174 valence electrons. The van der Waals surface area contributed by atoms with Crippen LogP contribution in [0.25, 0.3) is 0 Å². The lowest BCUT2D eigenvalue weighted by Gasteiger charge is -2.28. The molecule has 0 saturated carbocycles. The molecule has 0 radical (unpaired) electrons. The molecule has 0 aliphatic heterocycles. The fourth-order valence-corrected chi connectivity index (χ4v) is 2.43. The number of nitrogens with one attached hydrogen (secondary N) is 1. The third-order valence-electron chi connectivity index (χ3n) is 3.87. The zero-order chi connectivity index (χ0) is 23.8. The summed E-state index contributed by atoms with van der Waals surface area (Å²) in [7, 11) is 0. The van der Waals surface area contributed by atoms with Crippen molar-refractivity contribution in [1.82, 2.24) is 5.32 Å². The Balaban J connectivity index is 5.42. The van der Waals surface area contributed by atoms with Crippen molar-refractivity contribution in [3.05, 3.63) is 0 Å². The molecule has 0 unspecified atom stereocenters. The van der Waals surface area contributed by atoms with Crippen LogP contribution in [0.3, 0.4) is 0 Å². The highest BCUT2D eigenvalue weighted by molar-refractivity contribution is 6.07. The molecular formula is C20H37N3O7. The van der Waals surface area contributed by atoms with E-state index in [1.54, 1.807) is 41.5 Å². The lowest BCUT2D eigenvalue weighted by Crippen LogP contribution is -2.62. The van der Waals surface area contributed by atoms with E-state index in [-0.39, 0.29) is 19.3 Å². The van der Waals surface area contributed by atoms with E-state index in [0.29, 0.717) is 19.4 Å². The van der Waals surface area contributed by atoms with E-state index < -0.39 is 46.6 Å². The summed E-state index contributed by atoms with van der Waals surface area (Å²) in [5.41, 5.74) is 7.46. The van der Waals surface area contributed by atoms with Crippen LogP contribution in [0, 0.1) is 0 Å². The van der Waals surface area contributed by atoms with Crippen LogP contribution in [0.5, 0.6) is 0 Å². The highest BCUT2D eigenvalue weighted by Crippen LogP contribution is 2.16. The second-order valence-corrected chi connectivity index (χ2v) is 9.21. The van der Waals surface area contributed by atoms with Crippen LogP contribution in [-0.2, 0) is 28.7 Å². The highest BCUT2D eigenvalue weighted by Gasteiger charge is 2.43. The fraction of sp³-hybridized carbons (Fsp3) is 0.800. The van der Waals surface area contributed by atoms with Gasteiger partial charge in [0.1, 0.15) is 17.2 Å². The molecule has 0 heterocycles. The van der Waals surface area contributed by atoms with E-state index in [0.717, 1.165) is 0 Å². The lowest BCUT2D eigenvalue weighted by atomic mass is 9.92. The molecule has 2 atom stereocenters. The average Bonchev–Trinajstić information content (AvgIpc) is 2.54. The maximum absolute atomic E-state index is 12.7. The van der Waals surface area contributed by atoms with E-state index in [4.69, 9.17) is 20.9 Å². The van der Waals surface area contributed by atoms with Gasteiger partial charge in [-0.2, -0.15) is 0 Å². The normalized spacial score (nSPS) is 14.9. The number of rotatable bonds is 11. The van der Waals surface area contributed by atoms with Crippen molar-refractivity contribution in [2.45, 2.75) is 96.4 Å². The smallest absolute Gasteiger partial charge is 0.333 e. The summed E-state index contributed by atoms with van der Waals surface area (Å²) in [4.78, 5) is 48.9. The number of esters is 2. The predicted octanol–water partition coefficient (Wildman–Crippen LogP) is 0.846. The van der Waals surface area contributed by atoms with Gasteiger partial charge in [0.15, 0.2) is 5.54 Å². The van der Waals surface area contributed by atoms with Crippen LogP contribution in [0.2, 0.25) is 0 Å². The first-order valence-corrected chi connectivity index (χ1v) is 10.00. The van der Waals surface area contributed by atoms with E-state index in [2.05, 4.69) is 5.32 Å². The Bertz CT molecular complexity index is 623. The molecule has 0 fully saturated rings. The topological polar surface area (TPSA) is 171 Å². The van der Waals surface area contributed by atoms with Crippen LogP contribution in [-0.4, -0.2) is 58.2 Å². The summed E-state index contributed by atoms with van der Waals surface area (Å²) >= 11 is 0. The maximum atomic E-state index is 12.7. The number of carboxylic acid groups (broad SMARTS) is 1. The van der Waals surface area contributed by atoms with Crippen LogP contribution >= 0.6 is 0 Å². The fourth-order valence-electron chi connectivity index (χ4n) is 2.43. The molecule has 30 heavy (non-hydrogen) atoms.